The fourth-order valence-corrected chi connectivity index (χ4v) is 3.23. The Bertz CT molecular complexity index is 884. The maximum Gasteiger partial charge on any atom is 0.509 e. The Morgan fingerprint density at radius 2 is 1.80 bits per heavy atom. The van der Waals surface area contributed by atoms with E-state index in [1.807, 2.05) is 20.8 Å². The molecule has 0 radical (unpaired) electrons. The van der Waals surface area contributed by atoms with Crippen LogP contribution in [0.3, 0.4) is 0 Å². The lowest BCUT2D eigenvalue weighted by Crippen LogP contribution is -2.58. The van der Waals surface area contributed by atoms with Crippen LogP contribution in [0.5, 0.6) is 5.75 Å². The van der Waals surface area contributed by atoms with Crippen molar-refractivity contribution in [3.63, 3.8) is 0 Å². The summed E-state index contributed by atoms with van der Waals surface area (Å²) in [6.45, 7) is 5.74. The molecular formula is C18H18O7. The van der Waals surface area contributed by atoms with Gasteiger partial charge < -0.3 is 23.4 Å². The molecule has 1 aromatic carbocycles. The number of ether oxygens (including phenoxy) is 4. The maximum atomic E-state index is 11.6. The minimum atomic E-state index is -0.876. The van der Waals surface area contributed by atoms with Gasteiger partial charge in [-0.2, -0.15) is 0 Å². The van der Waals surface area contributed by atoms with Crippen molar-refractivity contribution in [2.24, 2.45) is 5.92 Å². The number of hydrogen-bond acceptors (Lipinski definition) is 7. The fraction of sp³-hybridized carbons (Fsp3) is 0.444. The highest BCUT2D eigenvalue weighted by atomic mass is 16.8. The van der Waals surface area contributed by atoms with E-state index < -0.39 is 35.9 Å². The van der Waals surface area contributed by atoms with Crippen molar-refractivity contribution in [1.82, 2.24) is 0 Å². The molecule has 7 heteroatoms. The first-order chi connectivity index (χ1) is 11.8. The average molecular weight is 346 g/mol. The topological polar surface area (TPSA) is 84.2 Å². The first-order valence-corrected chi connectivity index (χ1v) is 8.10. The predicted octanol–water partition coefficient (Wildman–Crippen LogP) is 2.85. The van der Waals surface area contributed by atoms with Crippen molar-refractivity contribution < 1.29 is 28.2 Å². The lowest BCUT2D eigenvalue weighted by molar-refractivity contribution is -0.259. The molecule has 0 saturated carbocycles. The lowest BCUT2D eigenvalue weighted by atomic mass is 9.82. The molecule has 4 atom stereocenters. The van der Waals surface area contributed by atoms with E-state index in [9.17, 15) is 9.59 Å². The van der Waals surface area contributed by atoms with E-state index in [1.54, 1.807) is 24.3 Å². The molecule has 132 valence electrons. The van der Waals surface area contributed by atoms with E-state index in [4.69, 9.17) is 23.4 Å². The molecule has 4 rings (SSSR count). The Hall–Kier alpha value is -2.54. The molecule has 2 aliphatic heterocycles. The number of hydrogen-bond donors (Lipinski definition) is 0. The highest BCUT2D eigenvalue weighted by Gasteiger charge is 2.56. The van der Waals surface area contributed by atoms with Crippen LogP contribution in [0.1, 0.15) is 20.8 Å². The van der Waals surface area contributed by atoms with Gasteiger partial charge in [-0.1, -0.05) is 19.1 Å². The van der Waals surface area contributed by atoms with Crippen LogP contribution in [0, 0.1) is 5.92 Å². The molecule has 1 aromatic heterocycles. The second kappa shape index (κ2) is 5.49. The molecule has 4 unspecified atom stereocenters. The molecule has 3 heterocycles. The van der Waals surface area contributed by atoms with Gasteiger partial charge in [-0.05, 0) is 26.0 Å². The van der Waals surface area contributed by atoms with Crippen molar-refractivity contribution in [1.29, 1.82) is 0 Å². The van der Waals surface area contributed by atoms with E-state index in [0.717, 1.165) is 5.39 Å². The second-order valence-corrected chi connectivity index (χ2v) is 6.84. The van der Waals surface area contributed by atoms with Gasteiger partial charge in [0.15, 0.2) is 17.4 Å². The van der Waals surface area contributed by atoms with Crippen LogP contribution >= 0.6 is 0 Å². The van der Waals surface area contributed by atoms with Gasteiger partial charge in [0.1, 0.15) is 0 Å². The van der Waals surface area contributed by atoms with Gasteiger partial charge >= 0.3 is 11.8 Å². The second-order valence-electron chi connectivity index (χ2n) is 6.84. The Labute approximate surface area is 143 Å². The van der Waals surface area contributed by atoms with Crippen LogP contribution in [0.25, 0.3) is 11.0 Å². The van der Waals surface area contributed by atoms with E-state index in [2.05, 4.69) is 0 Å². The van der Waals surface area contributed by atoms with E-state index >= 15 is 0 Å². The Morgan fingerprint density at radius 3 is 2.60 bits per heavy atom. The van der Waals surface area contributed by atoms with Crippen molar-refractivity contribution >= 4 is 17.1 Å². The Kier molecular flexibility index (Phi) is 3.50. The van der Waals surface area contributed by atoms with Crippen molar-refractivity contribution in [3.8, 4) is 5.75 Å². The molecular weight excluding hydrogens is 328 g/mol. The Morgan fingerprint density at radius 1 is 1.04 bits per heavy atom. The number of benzene rings is 1. The normalized spacial score (nSPS) is 30.4. The quantitative estimate of drug-likeness (QED) is 0.610. The van der Waals surface area contributed by atoms with Gasteiger partial charge in [0, 0.05) is 17.4 Å². The Balaban J connectivity index is 1.71. The summed E-state index contributed by atoms with van der Waals surface area (Å²) in [6, 6.07) is 8.26. The van der Waals surface area contributed by atoms with Crippen molar-refractivity contribution in [2.75, 3.05) is 0 Å². The molecule has 0 bridgehead atoms. The minimum absolute atomic E-state index is 0.0748. The molecule has 25 heavy (non-hydrogen) atoms. The number of para-hydroxylation sites is 1. The first kappa shape index (κ1) is 16.0. The summed E-state index contributed by atoms with van der Waals surface area (Å²) >= 11 is 0. The average Bonchev–Trinajstić information content (AvgIpc) is 2.95. The molecule has 0 aliphatic carbocycles. The number of carbonyl (C=O) groups excluding carboxylic acids is 1. The molecule has 0 N–H and O–H groups in total. The summed E-state index contributed by atoms with van der Waals surface area (Å²) in [7, 11) is 0. The number of carbonyl (C=O) groups is 1. The van der Waals surface area contributed by atoms with Crippen LogP contribution in [-0.4, -0.2) is 30.3 Å². The summed E-state index contributed by atoms with van der Waals surface area (Å²) in [5.41, 5.74) is -0.752. The third-order valence-electron chi connectivity index (χ3n) is 4.92. The van der Waals surface area contributed by atoms with Crippen molar-refractivity contribution in [2.45, 2.75) is 44.9 Å². The monoisotopic (exact) mass is 346 g/mol. The van der Waals surface area contributed by atoms with Gasteiger partial charge in [-0.15, -0.1) is 0 Å². The third-order valence-corrected chi connectivity index (χ3v) is 4.92. The third kappa shape index (κ3) is 2.64. The minimum Gasteiger partial charge on any atom is -0.457 e. The van der Waals surface area contributed by atoms with E-state index in [-0.39, 0.29) is 5.92 Å². The van der Waals surface area contributed by atoms with Crippen molar-refractivity contribution in [3.05, 3.63) is 40.8 Å². The molecule has 2 fully saturated rings. The maximum absolute atomic E-state index is 11.6. The molecule has 0 spiro atoms. The van der Waals surface area contributed by atoms with Gasteiger partial charge in [0.2, 0.25) is 12.4 Å². The molecule has 2 aliphatic rings. The zero-order valence-electron chi connectivity index (χ0n) is 14.1. The molecule has 7 nitrogen and oxygen atoms in total. The highest BCUT2D eigenvalue weighted by molar-refractivity contribution is 5.82. The fourth-order valence-electron chi connectivity index (χ4n) is 3.23. The van der Waals surface area contributed by atoms with Gasteiger partial charge in [0.05, 0.1) is 5.60 Å². The standard InChI is InChI=1S/C18H18O7/c1-9-13-15(24-17(20)23-13)16(25-18(9,2)3)21-11-6-4-5-10-7-8-12(19)22-14(10)11/h4-9,13,15-16H,1-3H3. The van der Waals surface area contributed by atoms with E-state index in [1.165, 1.54) is 6.07 Å². The lowest BCUT2D eigenvalue weighted by Gasteiger charge is -2.44. The van der Waals surface area contributed by atoms with Gasteiger partial charge in [-0.25, -0.2) is 9.59 Å². The largest absolute Gasteiger partial charge is 0.509 e. The van der Waals surface area contributed by atoms with Crippen LogP contribution in [0.4, 0.5) is 4.79 Å². The zero-order chi connectivity index (χ0) is 17.8. The van der Waals surface area contributed by atoms with Crippen LogP contribution in [0.15, 0.2) is 39.5 Å². The molecule has 2 saturated heterocycles. The summed E-state index contributed by atoms with van der Waals surface area (Å²) in [5.74, 6) is 0.265. The summed E-state index contributed by atoms with van der Waals surface area (Å²) in [6.07, 6.45) is -2.77. The summed E-state index contributed by atoms with van der Waals surface area (Å²) < 4.78 is 27.8. The number of rotatable bonds is 2. The highest BCUT2D eigenvalue weighted by Crippen LogP contribution is 2.41. The SMILES string of the molecule is CC1C2OC(=O)OC2C(Oc2cccc3ccc(=O)oc23)OC1(C)C. The summed E-state index contributed by atoms with van der Waals surface area (Å²) in [4.78, 5) is 23.2. The smallest absolute Gasteiger partial charge is 0.457 e. The number of fused-ring (bicyclic) bond motifs is 2. The van der Waals surface area contributed by atoms with Crippen LogP contribution < -0.4 is 10.4 Å². The first-order valence-electron chi connectivity index (χ1n) is 8.10. The predicted molar refractivity (Wildman–Crippen MR) is 86.4 cm³/mol. The zero-order valence-corrected chi connectivity index (χ0v) is 14.1. The molecule has 0 amide bonds. The van der Waals surface area contributed by atoms with Crippen LogP contribution in [-0.2, 0) is 14.2 Å². The molecule has 2 aromatic rings. The summed E-state index contributed by atoms with van der Waals surface area (Å²) in [5, 5.41) is 0.719. The van der Waals surface area contributed by atoms with Crippen LogP contribution in [0.2, 0.25) is 0 Å². The van der Waals surface area contributed by atoms with Gasteiger partial charge in [-0.3, -0.25) is 0 Å². The van der Waals surface area contributed by atoms with E-state index in [0.29, 0.717) is 11.3 Å². The van der Waals surface area contributed by atoms with Gasteiger partial charge in [0.25, 0.3) is 0 Å².